The Morgan fingerprint density at radius 2 is 1.76 bits per heavy atom. The van der Waals surface area contributed by atoms with Crippen LogP contribution in [0.1, 0.15) is 33.3 Å². The van der Waals surface area contributed by atoms with Crippen LogP contribution in [0, 0.1) is 5.82 Å². The summed E-state index contributed by atoms with van der Waals surface area (Å²) in [6.07, 6.45) is 0.475. The van der Waals surface area contributed by atoms with Gasteiger partial charge in [-0.15, -0.1) is 11.3 Å². The van der Waals surface area contributed by atoms with Gasteiger partial charge in [-0.25, -0.2) is 14.0 Å². The summed E-state index contributed by atoms with van der Waals surface area (Å²) in [7, 11) is 0. The normalized spacial score (nSPS) is 12.9. The SMILES string of the molecule is CCOC(=O)N1CCc2c(sc3c2c(=O)n(CCc2ccccc2)c(=O)n3CC(=O)c2ccc(F)cc2)C1. The number of Topliss-reactive ketones (excluding diaryl/α,β-unsaturated/α-hetero) is 1. The fourth-order valence-electron chi connectivity index (χ4n) is 4.72. The summed E-state index contributed by atoms with van der Waals surface area (Å²) in [6.45, 7) is 2.49. The summed E-state index contributed by atoms with van der Waals surface area (Å²) < 4.78 is 21.1. The van der Waals surface area contributed by atoms with E-state index in [1.807, 2.05) is 30.3 Å². The molecule has 5 rings (SSSR count). The van der Waals surface area contributed by atoms with Crippen molar-refractivity contribution in [1.82, 2.24) is 14.0 Å². The van der Waals surface area contributed by atoms with E-state index in [1.54, 1.807) is 11.8 Å². The number of hydrogen-bond acceptors (Lipinski definition) is 6. The largest absolute Gasteiger partial charge is 0.450 e. The van der Waals surface area contributed by atoms with Gasteiger partial charge < -0.3 is 9.64 Å². The van der Waals surface area contributed by atoms with Crippen LogP contribution < -0.4 is 11.2 Å². The minimum atomic E-state index is -0.574. The Balaban J connectivity index is 1.60. The third kappa shape index (κ3) is 4.91. The predicted molar refractivity (Wildman–Crippen MR) is 142 cm³/mol. The molecule has 0 fully saturated rings. The van der Waals surface area contributed by atoms with E-state index < -0.39 is 23.2 Å². The molecule has 1 aliphatic rings. The number of carbonyl (C=O) groups excluding carboxylic acids is 2. The molecule has 0 atom stereocenters. The number of thiophene rings is 1. The van der Waals surface area contributed by atoms with Gasteiger partial charge >= 0.3 is 11.8 Å². The summed E-state index contributed by atoms with van der Waals surface area (Å²) in [5, 5.41) is 0.410. The van der Waals surface area contributed by atoms with Crippen LogP contribution >= 0.6 is 11.3 Å². The van der Waals surface area contributed by atoms with Crippen LogP contribution in [0.25, 0.3) is 10.2 Å². The van der Waals surface area contributed by atoms with Crippen molar-refractivity contribution in [2.24, 2.45) is 0 Å². The zero-order valence-corrected chi connectivity index (χ0v) is 21.6. The third-order valence-corrected chi connectivity index (χ3v) is 7.90. The van der Waals surface area contributed by atoms with E-state index in [-0.39, 0.29) is 37.6 Å². The molecule has 2 aromatic carbocycles. The van der Waals surface area contributed by atoms with Gasteiger partial charge in [0.1, 0.15) is 10.6 Å². The number of ketones is 1. The second-order valence-electron chi connectivity index (χ2n) is 9.05. The first kappa shape index (κ1) is 25.6. The number of aryl methyl sites for hydroxylation is 1. The molecule has 0 aliphatic carbocycles. The lowest BCUT2D eigenvalue weighted by Crippen LogP contribution is -2.41. The number of carbonyl (C=O) groups is 2. The molecule has 0 saturated carbocycles. The Labute approximate surface area is 221 Å². The molecule has 2 aromatic heterocycles. The molecule has 3 heterocycles. The highest BCUT2D eigenvalue weighted by molar-refractivity contribution is 7.18. The number of halogens is 1. The van der Waals surface area contributed by atoms with E-state index in [1.165, 1.54) is 44.7 Å². The van der Waals surface area contributed by atoms with Crippen LogP contribution in [-0.4, -0.2) is 39.1 Å². The number of aromatic nitrogens is 2. The summed E-state index contributed by atoms with van der Waals surface area (Å²) >= 11 is 1.24. The van der Waals surface area contributed by atoms with Crippen LogP contribution in [0.4, 0.5) is 9.18 Å². The average molecular weight is 536 g/mol. The van der Waals surface area contributed by atoms with E-state index in [4.69, 9.17) is 4.74 Å². The van der Waals surface area contributed by atoms with E-state index in [2.05, 4.69) is 0 Å². The maximum absolute atomic E-state index is 13.7. The highest BCUT2D eigenvalue weighted by atomic mass is 32.1. The van der Waals surface area contributed by atoms with E-state index in [0.29, 0.717) is 29.6 Å². The van der Waals surface area contributed by atoms with E-state index in [9.17, 15) is 23.6 Å². The fraction of sp³-hybridized carbons (Fsp3) is 0.286. The minimum Gasteiger partial charge on any atom is -0.450 e. The highest BCUT2D eigenvalue weighted by Gasteiger charge is 2.29. The molecule has 4 aromatic rings. The average Bonchev–Trinajstić information content (AvgIpc) is 3.31. The molecule has 0 unspecified atom stereocenters. The van der Waals surface area contributed by atoms with Gasteiger partial charge in [0.25, 0.3) is 5.56 Å². The first-order chi connectivity index (χ1) is 18.4. The van der Waals surface area contributed by atoms with Gasteiger partial charge in [-0.1, -0.05) is 30.3 Å². The molecule has 1 amide bonds. The van der Waals surface area contributed by atoms with Crippen molar-refractivity contribution in [3.63, 3.8) is 0 Å². The predicted octanol–water partition coefficient (Wildman–Crippen LogP) is 4.00. The second kappa shape index (κ2) is 10.7. The summed E-state index contributed by atoms with van der Waals surface area (Å²) in [4.78, 5) is 55.6. The molecule has 196 valence electrons. The van der Waals surface area contributed by atoms with Crippen LogP contribution in [0.2, 0.25) is 0 Å². The van der Waals surface area contributed by atoms with Crippen molar-refractivity contribution in [1.29, 1.82) is 0 Å². The summed E-state index contributed by atoms with van der Waals surface area (Å²) in [5.41, 5.74) is 1.07. The number of fused-ring (bicyclic) bond motifs is 3. The standard InChI is InChI=1S/C28H26FN3O5S/c1-2-37-28(36)30-14-13-21-23(17-30)38-26-24(21)25(34)31(15-12-18-6-4-3-5-7-18)27(35)32(26)16-22(33)19-8-10-20(29)11-9-19/h3-11H,2,12-17H2,1H3. The van der Waals surface area contributed by atoms with Gasteiger partial charge in [0.2, 0.25) is 0 Å². The topological polar surface area (TPSA) is 90.6 Å². The summed E-state index contributed by atoms with van der Waals surface area (Å²) in [5.74, 6) is -0.839. The number of amides is 1. The Morgan fingerprint density at radius 3 is 2.47 bits per heavy atom. The van der Waals surface area contributed by atoms with E-state index >= 15 is 0 Å². The quantitative estimate of drug-likeness (QED) is 0.334. The Hall–Kier alpha value is -4.05. The molecule has 8 nitrogen and oxygen atoms in total. The van der Waals surface area contributed by atoms with E-state index in [0.717, 1.165) is 16.0 Å². The molecular formula is C28H26FN3O5S. The number of nitrogens with zero attached hydrogens (tertiary/aromatic N) is 3. The monoisotopic (exact) mass is 535 g/mol. The molecule has 0 N–H and O–H groups in total. The highest BCUT2D eigenvalue weighted by Crippen LogP contribution is 2.33. The Morgan fingerprint density at radius 1 is 1.03 bits per heavy atom. The van der Waals surface area contributed by atoms with Crippen molar-refractivity contribution >= 4 is 33.4 Å². The number of benzene rings is 2. The van der Waals surface area contributed by atoms with Gasteiger partial charge in [0.05, 0.1) is 25.1 Å². The molecule has 0 saturated heterocycles. The van der Waals surface area contributed by atoms with Gasteiger partial charge in [-0.05, 0) is 55.2 Å². The number of rotatable bonds is 7. The van der Waals surface area contributed by atoms with Gasteiger partial charge in [-0.3, -0.25) is 18.7 Å². The van der Waals surface area contributed by atoms with Crippen LogP contribution in [0.15, 0.2) is 64.2 Å². The Bertz CT molecular complexity index is 1620. The molecule has 38 heavy (non-hydrogen) atoms. The zero-order valence-electron chi connectivity index (χ0n) is 20.8. The minimum absolute atomic E-state index is 0.155. The fourth-order valence-corrected chi connectivity index (χ4v) is 6.06. The maximum Gasteiger partial charge on any atom is 0.410 e. The van der Waals surface area contributed by atoms with Crippen LogP contribution in [0.3, 0.4) is 0 Å². The Kier molecular flexibility index (Phi) is 7.24. The van der Waals surface area contributed by atoms with Crippen molar-refractivity contribution in [3.05, 3.63) is 103 Å². The first-order valence-corrected chi connectivity index (χ1v) is 13.2. The molecular weight excluding hydrogens is 509 g/mol. The zero-order chi connectivity index (χ0) is 26.8. The smallest absolute Gasteiger partial charge is 0.410 e. The van der Waals surface area contributed by atoms with Gasteiger partial charge in [0, 0.05) is 23.5 Å². The third-order valence-electron chi connectivity index (χ3n) is 6.67. The van der Waals surface area contributed by atoms with Crippen molar-refractivity contribution in [3.8, 4) is 0 Å². The lowest BCUT2D eigenvalue weighted by Gasteiger charge is -2.25. The molecule has 0 spiro atoms. The van der Waals surface area contributed by atoms with Gasteiger partial charge in [-0.2, -0.15) is 0 Å². The lowest BCUT2D eigenvalue weighted by atomic mass is 10.1. The lowest BCUT2D eigenvalue weighted by molar-refractivity contribution is 0.0970. The summed E-state index contributed by atoms with van der Waals surface area (Å²) in [6, 6.07) is 14.7. The van der Waals surface area contributed by atoms with Crippen molar-refractivity contribution in [2.75, 3.05) is 13.2 Å². The van der Waals surface area contributed by atoms with Crippen LogP contribution in [-0.2, 0) is 37.2 Å². The second-order valence-corrected chi connectivity index (χ2v) is 10.1. The maximum atomic E-state index is 13.7. The van der Waals surface area contributed by atoms with Crippen LogP contribution in [0.5, 0.6) is 0 Å². The molecule has 10 heteroatoms. The van der Waals surface area contributed by atoms with Crippen molar-refractivity contribution < 1.29 is 18.7 Å². The van der Waals surface area contributed by atoms with Crippen molar-refractivity contribution in [2.45, 2.75) is 39.4 Å². The first-order valence-electron chi connectivity index (χ1n) is 12.4. The molecule has 1 aliphatic heterocycles. The molecule has 0 bridgehead atoms. The van der Waals surface area contributed by atoms with Gasteiger partial charge in [0.15, 0.2) is 5.78 Å². The molecule has 0 radical (unpaired) electrons. The number of hydrogen-bond donors (Lipinski definition) is 0. The number of ether oxygens (including phenoxy) is 1.